The molecule has 2 aromatic heterocycles. The summed E-state index contributed by atoms with van der Waals surface area (Å²) in [7, 11) is 1.59. The highest BCUT2D eigenvalue weighted by molar-refractivity contribution is 7.09. The molecule has 35 heavy (non-hydrogen) atoms. The highest BCUT2D eigenvalue weighted by atomic mass is 32.1. The molecule has 0 fully saturated rings. The van der Waals surface area contributed by atoms with Gasteiger partial charge in [-0.1, -0.05) is 35.5 Å². The van der Waals surface area contributed by atoms with Crippen molar-refractivity contribution in [3.05, 3.63) is 93.9 Å². The minimum atomic E-state index is -0.644. The number of hydrogen-bond donors (Lipinski definition) is 1. The first-order valence-corrected chi connectivity index (χ1v) is 12.0. The number of hydrogen-bond acceptors (Lipinski definition) is 6. The smallest absolute Gasteiger partial charge is 0.322 e. The molecule has 0 saturated carbocycles. The SMILES string of the molecule is COc1cccc(-c2noc(C3=C(C)N(CCc4cccs4)C(=O)NC3c3cccc(F)c3)n2)c1. The van der Waals surface area contributed by atoms with Crippen LogP contribution in [0.1, 0.15) is 29.3 Å². The van der Waals surface area contributed by atoms with Crippen molar-refractivity contribution in [3.8, 4) is 17.1 Å². The Kier molecular flexibility index (Phi) is 6.33. The molecule has 4 aromatic rings. The van der Waals surface area contributed by atoms with E-state index >= 15 is 0 Å². The van der Waals surface area contributed by atoms with Crippen LogP contribution in [0.15, 0.2) is 76.3 Å². The van der Waals surface area contributed by atoms with E-state index in [1.54, 1.807) is 35.5 Å². The Balaban J connectivity index is 1.56. The van der Waals surface area contributed by atoms with Crippen LogP contribution in [0.5, 0.6) is 5.75 Å². The van der Waals surface area contributed by atoms with Crippen LogP contribution in [0.3, 0.4) is 0 Å². The van der Waals surface area contributed by atoms with Crippen molar-refractivity contribution < 1.29 is 18.4 Å². The van der Waals surface area contributed by atoms with Crippen molar-refractivity contribution in [2.24, 2.45) is 0 Å². The first kappa shape index (κ1) is 22.8. The second-order valence-corrected chi connectivity index (χ2v) is 9.10. The van der Waals surface area contributed by atoms with E-state index in [2.05, 4.69) is 15.5 Å². The highest BCUT2D eigenvalue weighted by Gasteiger charge is 2.35. The van der Waals surface area contributed by atoms with E-state index in [1.807, 2.05) is 48.7 Å². The second-order valence-electron chi connectivity index (χ2n) is 8.07. The third kappa shape index (κ3) is 4.67. The molecule has 1 N–H and O–H groups in total. The summed E-state index contributed by atoms with van der Waals surface area (Å²) >= 11 is 1.65. The number of amides is 2. The van der Waals surface area contributed by atoms with Crippen molar-refractivity contribution in [3.63, 3.8) is 0 Å². The molecule has 3 heterocycles. The third-order valence-corrected chi connectivity index (χ3v) is 6.86. The number of allylic oxidation sites excluding steroid dienone is 1. The topological polar surface area (TPSA) is 80.5 Å². The van der Waals surface area contributed by atoms with E-state index in [0.29, 0.717) is 41.4 Å². The van der Waals surface area contributed by atoms with Crippen LogP contribution in [0, 0.1) is 5.82 Å². The highest BCUT2D eigenvalue weighted by Crippen LogP contribution is 2.37. The number of benzene rings is 2. The number of halogens is 1. The van der Waals surface area contributed by atoms with Crippen molar-refractivity contribution in [1.82, 2.24) is 20.4 Å². The number of ether oxygens (including phenoxy) is 1. The van der Waals surface area contributed by atoms with Crippen LogP contribution in [-0.2, 0) is 6.42 Å². The van der Waals surface area contributed by atoms with E-state index in [9.17, 15) is 9.18 Å². The zero-order valence-electron chi connectivity index (χ0n) is 19.2. The molecule has 0 saturated heterocycles. The molecule has 7 nitrogen and oxygen atoms in total. The van der Waals surface area contributed by atoms with Gasteiger partial charge in [-0.3, -0.25) is 4.90 Å². The third-order valence-electron chi connectivity index (χ3n) is 5.92. The molecular weight excluding hydrogens is 467 g/mol. The Morgan fingerprint density at radius 2 is 2.03 bits per heavy atom. The molecule has 1 unspecified atom stereocenters. The number of aromatic nitrogens is 2. The van der Waals surface area contributed by atoms with Gasteiger partial charge in [0, 0.05) is 22.7 Å². The minimum Gasteiger partial charge on any atom is -0.497 e. The number of carbonyl (C=O) groups is 1. The zero-order valence-corrected chi connectivity index (χ0v) is 20.0. The van der Waals surface area contributed by atoms with E-state index < -0.39 is 11.9 Å². The molecule has 0 aliphatic carbocycles. The fourth-order valence-electron chi connectivity index (χ4n) is 4.15. The van der Waals surface area contributed by atoms with Gasteiger partial charge in [-0.2, -0.15) is 4.98 Å². The molecule has 2 amide bonds. The summed E-state index contributed by atoms with van der Waals surface area (Å²) in [6.45, 7) is 2.33. The summed E-state index contributed by atoms with van der Waals surface area (Å²) in [5, 5.41) is 9.18. The number of urea groups is 1. The number of nitrogens with one attached hydrogen (secondary N) is 1. The maximum atomic E-state index is 14.1. The molecular formula is C26H23FN4O3S. The van der Waals surface area contributed by atoms with Crippen LogP contribution in [0.4, 0.5) is 9.18 Å². The fraction of sp³-hybridized carbons (Fsp3) is 0.192. The Morgan fingerprint density at radius 1 is 1.17 bits per heavy atom. The lowest BCUT2D eigenvalue weighted by Crippen LogP contribution is -2.46. The first-order chi connectivity index (χ1) is 17.0. The van der Waals surface area contributed by atoms with Crippen molar-refractivity contribution in [2.75, 3.05) is 13.7 Å². The van der Waals surface area contributed by atoms with E-state index in [0.717, 1.165) is 5.56 Å². The van der Waals surface area contributed by atoms with Crippen LogP contribution in [0.25, 0.3) is 17.0 Å². The van der Waals surface area contributed by atoms with Crippen molar-refractivity contribution >= 4 is 22.9 Å². The quantitative estimate of drug-likeness (QED) is 0.360. The Morgan fingerprint density at radius 3 is 2.80 bits per heavy atom. The Labute approximate surface area is 205 Å². The molecule has 9 heteroatoms. The van der Waals surface area contributed by atoms with Gasteiger partial charge in [0.25, 0.3) is 5.89 Å². The summed E-state index contributed by atoms with van der Waals surface area (Å²) in [4.78, 5) is 20.6. The average molecular weight is 491 g/mol. The van der Waals surface area contributed by atoms with Gasteiger partial charge in [-0.05, 0) is 54.6 Å². The standard InChI is InChI=1S/C26H23FN4O3S/c1-16-22(25-29-24(30-34-25)18-7-4-9-20(15-18)33-2)23(17-6-3-8-19(27)14-17)28-26(32)31(16)12-11-21-10-5-13-35-21/h3-10,13-15,23H,11-12H2,1-2H3,(H,28,32). The second kappa shape index (κ2) is 9.71. The minimum absolute atomic E-state index is 0.260. The predicted molar refractivity (Wildman–Crippen MR) is 131 cm³/mol. The van der Waals surface area contributed by atoms with E-state index in [1.165, 1.54) is 17.0 Å². The summed E-state index contributed by atoms with van der Waals surface area (Å²) in [6.07, 6.45) is 0.708. The van der Waals surface area contributed by atoms with Crippen molar-refractivity contribution in [2.45, 2.75) is 19.4 Å². The average Bonchev–Trinajstić information content (AvgIpc) is 3.56. The lowest BCUT2D eigenvalue weighted by molar-refractivity contribution is 0.205. The number of nitrogens with zero attached hydrogens (tertiary/aromatic N) is 3. The predicted octanol–water partition coefficient (Wildman–Crippen LogP) is 5.69. The maximum Gasteiger partial charge on any atom is 0.322 e. The lowest BCUT2D eigenvalue weighted by Gasteiger charge is -2.35. The molecule has 0 radical (unpaired) electrons. The van der Waals surface area contributed by atoms with Gasteiger partial charge < -0.3 is 14.6 Å². The van der Waals surface area contributed by atoms with Gasteiger partial charge in [-0.25, -0.2) is 9.18 Å². The Bertz CT molecular complexity index is 1380. The molecule has 178 valence electrons. The summed E-state index contributed by atoms with van der Waals surface area (Å²) in [5.41, 5.74) is 2.63. The van der Waals surface area contributed by atoms with Crippen LogP contribution in [0.2, 0.25) is 0 Å². The molecule has 1 aliphatic rings. The van der Waals surface area contributed by atoms with Gasteiger partial charge in [0.05, 0.1) is 18.7 Å². The summed E-state index contributed by atoms with van der Waals surface area (Å²) in [5.74, 6) is 0.929. The van der Waals surface area contributed by atoms with Crippen LogP contribution in [-0.4, -0.2) is 34.7 Å². The number of rotatable bonds is 7. The largest absolute Gasteiger partial charge is 0.497 e. The number of methoxy groups -OCH3 is 1. The molecule has 1 atom stereocenters. The van der Waals surface area contributed by atoms with E-state index in [4.69, 9.17) is 9.26 Å². The summed E-state index contributed by atoms with van der Waals surface area (Å²) < 4.78 is 25.1. The lowest BCUT2D eigenvalue weighted by atomic mass is 9.94. The van der Waals surface area contributed by atoms with Gasteiger partial charge in [0.2, 0.25) is 5.82 Å². The molecule has 1 aliphatic heterocycles. The summed E-state index contributed by atoms with van der Waals surface area (Å²) in [6, 6.07) is 16.6. The zero-order chi connectivity index (χ0) is 24.4. The molecule has 2 aromatic carbocycles. The maximum absolute atomic E-state index is 14.1. The first-order valence-electron chi connectivity index (χ1n) is 11.1. The van der Waals surface area contributed by atoms with Gasteiger partial charge in [-0.15, -0.1) is 11.3 Å². The molecule has 5 rings (SSSR count). The van der Waals surface area contributed by atoms with Gasteiger partial charge in [0.15, 0.2) is 0 Å². The molecule has 0 bridgehead atoms. The number of carbonyl (C=O) groups excluding carboxylic acids is 1. The van der Waals surface area contributed by atoms with E-state index in [-0.39, 0.29) is 11.9 Å². The normalized spacial score (nSPS) is 15.9. The Hall–Kier alpha value is -3.98. The van der Waals surface area contributed by atoms with Crippen molar-refractivity contribution in [1.29, 1.82) is 0 Å². The van der Waals surface area contributed by atoms with Gasteiger partial charge >= 0.3 is 6.03 Å². The molecule has 0 spiro atoms. The number of thiophene rings is 1. The van der Waals surface area contributed by atoms with Crippen LogP contribution < -0.4 is 10.1 Å². The fourth-order valence-corrected chi connectivity index (χ4v) is 4.85. The monoisotopic (exact) mass is 490 g/mol. The van der Waals surface area contributed by atoms with Gasteiger partial charge in [0.1, 0.15) is 11.6 Å². The van der Waals surface area contributed by atoms with Crippen LogP contribution >= 0.6 is 11.3 Å².